The van der Waals surface area contributed by atoms with Gasteiger partial charge in [0.25, 0.3) is 5.91 Å². The molecule has 142 valence electrons. The van der Waals surface area contributed by atoms with Crippen LogP contribution < -0.4 is 0 Å². The first kappa shape index (κ1) is 18.4. The van der Waals surface area contributed by atoms with Crippen molar-refractivity contribution in [3.63, 3.8) is 0 Å². The Hall–Kier alpha value is -3.00. The summed E-state index contributed by atoms with van der Waals surface area (Å²) >= 11 is 1.32. The van der Waals surface area contributed by atoms with Crippen molar-refractivity contribution in [3.05, 3.63) is 65.2 Å². The van der Waals surface area contributed by atoms with E-state index in [0.29, 0.717) is 11.7 Å². The molecule has 3 aromatic rings. The van der Waals surface area contributed by atoms with Gasteiger partial charge in [-0.15, -0.1) is 5.10 Å². The fourth-order valence-corrected chi connectivity index (χ4v) is 3.89. The Kier molecular flexibility index (Phi) is 5.21. The van der Waals surface area contributed by atoms with Crippen molar-refractivity contribution in [2.45, 2.75) is 25.4 Å². The van der Waals surface area contributed by atoms with Gasteiger partial charge in [0.2, 0.25) is 5.16 Å². The molecule has 0 radical (unpaired) electrons. The number of hydrazone groups is 1. The van der Waals surface area contributed by atoms with Crippen LogP contribution in [-0.4, -0.2) is 49.1 Å². The Labute approximate surface area is 167 Å². The van der Waals surface area contributed by atoms with Crippen molar-refractivity contribution in [2.75, 3.05) is 12.3 Å². The zero-order chi connectivity index (χ0) is 19.5. The maximum atomic E-state index is 12.6. The van der Waals surface area contributed by atoms with Gasteiger partial charge in [-0.25, -0.2) is 5.01 Å². The summed E-state index contributed by atoms with van der Waals surface area (Å²) in [7, 11) is 0. The number of aromatic nitrogens is 4. The third kappa shape index (κ3) is 3.82. The maximum Gasteiger partial charge on any atom is 0.253 e. The van der Waals surface area contributed by atoms with E-state index in [0.717, 1.165) is 28.9 Å². The Balaban J connectivity index is 1.44. The SMILES string of the molecule is Cc1ccc(-n2nnnc2SCC(=O)N2CCC(c3ccccc3)=N2)c(C)c1. The predicted molar refractivity (Wildman–Crippen MR) is 109 cm³/mol. The third-order valence-corrected chi connectivity index (χ3v) is 5.45. The number of tetrazole rings is 1. The molecule has 0 atom stereocenters. The van der Waals surface area contributed by atoms with Crippen LogP contribution in [0.5, 0.6) is 0 Å². The summed E-state index contributed by atoms with van der Waals surface area (Å²) in [6, 6.07) is 16.0. The quantitative estimate of drug-likeness (QED) is 0.624. The lowest BCUT2D eigenvalue weighted by atomic mass is 10.1. The molecular weight excluding hydrogens is 372 g/mol. The average Bonchev–Trinajstić information content (AvgIpc) is 3.37. The second kappa shape index (κ2) is 7.93. The zero-order valence-corrected chi connectivity index (χ0v) is 16.6. The molecule has 0 N–H and O–H groups in total. The maximum absolute atomic E-state index is 12.6. The van der Waals surface area contributed by atoms with Crippen LogP contribution in [0.3, 0.4) is 0 Å². The minimum absolute atomic E-state index is 0.0499. The summed E-state index contributed by atoms with van der Waals surface area (Å²) in [5.41, 5.74) is 5.18. The molecule has 2 heterocycles. The first-order chi connectivity index (χ1) is 13.6. The topological polar surface area (TPSA) is 76.3 Å². The molecule has 2 aromatic carbocycles. The summed E-state index contributed by atoms with van der Waals surface area (Å²) in [5.74, 6) is 0.183. The third-order valence-electron chi connectivity index (χ3n) is 4.54. The van der Waals surface area contributed by atoms with E-state index in [1.165, 1.54) is 17.3 Å². The number of benzene rings is 2. The number of carbonyl (C=O) groups excluding carboxylic acids is 1. The predicted octanol–water partition coefficient (Wildman–Crippen LogP) is 3.01. The monoisotopic (exact) mass is 392 g/mol. The summed E-state index contributed by atoms with van der Waals surface area (Å²) in [4.78, 5) is 12.6. The molecule has 1 amide bonds. The lowest BCUT2D eigenvalue weighted by Gasteiger charge is -2.11. The molecule has 28 heavy (non-hydrogen) atoms. The van der Waals surface area contributed by atoms with Crippen molar-refractivity contribution < 1.29 is 4.79 Å². The zero-order valence-electron chi connectivity index (χ0n) is 15.7. The molecule has 0 unspecified atom stereocenters. The molecule has 0 bridgehead atoms. The minimum Gasteiger partial charge on any atom is -0.272 e. The lowest BCUT2D eigenvalue weighted by molar-refractivity contribution is -0.127. The lowest BCUT2D eigenvalue weighted by Crippen LogP contribution is -2.25. The smallest absolute Gasteiger partial charge is 0.253 e. The van der Waals surface area contributed by atoms with Gasteiger partial charge in [-0.05, 0) is 41.5 Å². The molecule has 0 saturated carbocycles. The van der Waals surface area contributed by atoms with E-state index < -0.39 is 0 Å². The van der Waals surface area contributed by atoms with Gasteiger partial charge in [0, 0.05) is 6.42 Å². The van der Waals surface area contributed by atoms with Crippen LogP contribution in [0.2, 0.25) is 0 Å². The van der Waals surface area contributed by atoms with Crippen LogP contribution in [0, 0.1) is 13.8 Å². The number of carbonyl (C=O) groups is 1. The van der Waals surface area contributed by atoms with E-state index in [1.54, 1.807) is 9.69 Å². The van der Waals surface area contributed by atoms with Crippen molar-refractivity contribution in [2.24, 2.45) is 5.10 Å². The number of thioether (sulfide) groups is 1. The summed E-state index contributed by atoms with van der Waals surface area (Å²) in [6.07, 6.45) is 0.765. The summed E-state index contributed by atoms with van der Waals surface area (Å²) in [6.45, 7) is 4.67. The number of rotatable bonds is 5. The molecule has 4 rings (SSSR count). The van der Waals surface area contributed by atoms with E-state index in [1.807, 2.05) is 56.3 Å². The Bertz CT molecular complexity index is 1030. The number of aryl methyl sites for hydroxylation is 2. The highest BCUT2D eigenvalue weighted by atomic mass is 32.2. The largest absolute Gasteiger partial charge is 0.272 e. The highest BCUT2D eigenvalue weighted by Gasteiger charge is 2.22. The van der Waals surface area contributed by atoms with Gasteiger partial charge in [0.1, 0.15) is 0 Å². The van der Waals surface area contributed by atoms with Crippen molar-refractivity contribution in [1.82, 2.24) is 25.2 Å². The van der Waals surface area contributed by atoms with E-state index in [4.69, 9.17) is 0 Å². The Morgan fingerprint density at radius 2 is 1.96 bits per heavy atom. The molecular formula is C20H20N6OS. The van der Waals surface area contributed by atoms with Gasteiger partial charge >= 0.3 is 0 Å². The molecule has 1 aliphatic rings. The number of amides is 1. The first-order valence-electron chi connectivity index (χ1n) is 9.04. The molecule has 7 nitrogen and oxygen atoms in total. The van der Waals surface area contributed by atoms with Gasteiger partial charge in [-0.1, -0.05) is 59.8 Å². The van der Waals surface area contributed by atoms with Gasteiger partial charge in [-0.3, -0.25) is 4.79 Å². The average molecular weight is 392 g/mol. The summed E-state index contributed by atoms with van der Waals surface area (Å²) < 4.78 is 1.68. The normalized spacial score (nSPS) is 13.6. The van der Waals surface area contributed by atoms with Crippen molar-refractivity contribution in [3.8, 4) is 5.69 Å². The molecule has 8 heteroatoms. The fourth-order valence-electron chi connectivity index (χ4n) is 3.13. The van der Waals surface area contributed by atoms with E-state index in [9.17, 15) is 4.79 Å². The van der Waals surface area contributed by atoms with Crippen LogP contribution in [0.25, 0.3) is 5.69 Å². The van der Waals surface area contributed by atoms with Crippen LogP contribution in [0.4, 0.5) is 0 Å². The first-order valence-corrected chi connectivity index (χ1v) is 10.0. The van der Waals surface area contributed by atoms with Crippen molar-refractivity contribution in [1.29, 1.82) is 0 Å². The van der Waals surface area contributed by atoms with Gasteiger partial charge in [-0.2, -0.15) is 9.78 Å². The highest BCUT2D eigenvalue weighted by molar-refractivity contribution is 7.99. The summed E-state index contributed by atoms with van der Waals surface area (Å²) in [5, 5.41) is 18.6. The minimum atomic E-state index is -0.0499. The molecule has 0 aliphatic carbocycles. The second-order valence-corrected chi connectivity index (χ2v) is 7.57. The molecule has 0 saturated heterocycles. The van der Waals surface area contributed by atoms with Crippen LogP contribution in [0.15, 0.2) is 58.8 Å². The highest BCUT2D eigenvalue weighted by Crippen LogP contribution is 2.22. The number of hydrogen-bond acceptors (Lipinski definition) is 6. The van der Waals surface area contributed by atoms with Gasteiger partial charge < -0.3 is 0 Å². The Morgan fingerprint density at radius 1 is 1.14 bits per heavy atom. The van der Waals surface area contributed by atoms with Gasteiger partial charge in [0.05, 0.1) is 23.7 Å². The molecule has 1 aromatic heterocycles. The van der Waals surface area contributed by atoms with Crippen LogP contribution in [0.1, 0.15) is 23.1 Å². The van der Waals surface area contributed by atoms with E-state index in [-0.39, 0.29) is 11.7 Å². The van der Waals surface area contributed by atoms with Gasteiger partial charge in [0.15, 0.2) is 0 Å². The van der Waals surface area contributed by atoms with E-state index in [2.05, 4.69) is 26.7 Å². The van der Waals surface area contributed by atoms with Crippen LogP contribution in [-0.2, 0) is 4.79 Å². The fraction of sp³-hybridized carbons (Fsp3) is 0.250. The van der Waals surface area contributed by atoms with Crippen molar-refractivity contribution >= 4 is 23.4 Å². The number of nitrogens with zero attached hydrogens (tertiary/aromatic N) is 6. The number of hydrogen-bond donors (Lipinski definition) is 0. The molecule has 1 aliphatic heterocycles. The van der Waals surface area contributed by atoms with E-state index >= 15 is 0 Å². The second-order valence-electron chi connectivity index (χ2n) is 6.63. The Morgan fingerprint density at radius 3 is 2.75 bits per heavy atom. The van der Waals surface area contributed by atoms with Crippen LogP contribution >= 0.6 is 11.8 Å². The molecule has 0 spiro atoms. The molecule has 0 fully saturated rings. The standard InChI is InChI=1S/C20H20N6OS/c1-14-8-9-18(15(2)12-14)26-20(21-23-24-26)28-13-19(27)25-11-10-17(22-25)16-6-4-3-5-7-16/h3-9,12H,10-11,13H2,1-2H3.